The van der Waals surface area contributed by atoms with Crippen molar-refractivity contribution in [3.05, 3.63) is 30.5 Å². The zero-order valence-corrected chi connectivity index (χ0v) is 10.8. The number of hydrogen-bond acceptors (Lipinski definition) is 4. The van der Waals surface area contributed by atoms with Crippen LogP contribution in [0.25, 0.3) is 0 Å². The van der Waals surface area contributed by atoms with Gasteiger partial charge in [0.2, 0.25) is 0 Å². The lowest BCUT2D eigenvalue weighted by atomic mass is 10.3. The van der Waals surface area contributed by atoms with Crippen LogP contribution in [0.1, 0.15) is 19.9 Å². The van der Waals surface area contributed by atoms with Gasteiger partial charge >= 0.3 is 6.01 Å². The molecule has 0 bridgehead atoms. The number of benzene rings is 1. The first kappa shape index (κ1) is 12.3. The average Bonchev–Trinajstić information content (AvgIpc) is 2.71. The lowest BCUT2D eigenvalue weighted by Crippen LogP contribution is -2.06. The molecule has 2 rings (SSSR count). The van der Waals surface area contributed by atoms with Crippen LogP contribution >= 0.6 is 0 Å². The SMILES string of the molecule is COc1ccc(Oc2ncc(N)n2C(C)C)cc1. The Labute approximate surface area is 106 Å². The summed E-state index contributed by atoms with van der Waals surface area (Å²) in [4.78, 5) is 4.16. The monoisotopic (exact) mass is 247 g/mol. The van der Waals surface area contributed by atoms with Gasteiger partial charge in [0.05, 0.1) is 13.3 Å². The number of methoxy groups -OCH3 is 1. The van der Waals surface area contributed by atoms with Crippen molar-refractivity contribution < 1.29 is 9.47 Å². The van der Waals surface area contributed by atoms with Crippen molar-refractivity contribution in [3.8, 4) is 17.5 Å². The highest BCUT2D eigenvalue weighted by Crippen LogP contribution is 2.27. The number of nitrogens with two attached hydrogens (primary N) is 1. The largest absolute Gasteiger partial charge is 0.497 e. The second kappa shape index (κ2) is 5.00. The predicted octanol–water partition coefficient (Wildman–Crippen LogP) is 2.85. The van der Waals surface area contributed by atoms with Gasteiger partial charge in [-0.05, 0) is 38.1 Å². The van der Waals surface area contributed by atoms with E-state index in [-0.39, 0.29) is 6.04 Å². The Morgan fingerprint density at radius 2 is 1.78 bits per heavy atom. The molecule has 1 aromatic carbocycles. The van der Waals surface area contributed by atoms with E-state index in [4.69, 9.17) is 15.2 Å². The molecule has 2 aromatic rings. The van der Waals surface area contributed by atoms with Gasteiger partial charge in [-0.25, -0.2) is 4.98 Å². The molecule has 0 atom stereocenters. The second-order valence-corrected chi connectivity index (χ2v) is 4.21. The lowest BCUT2D eigenvalue weighted by Gasteiger charge is -2.13. The van der Waals surface area contributed by atoms with Gasteiger partial charge in [0.25, 0.3) is 0 Å². The smallest absolute Gasteiger partial charge is 0.303 e. The minimum Gasteiger partial charge on any atom is -0.497 e. The van der Waals surface area contributed by atoms with Crippen molar-refractivity contribution in [2.24, 2.45) is 0 Å². The third-order valence-electron chi connectivity index (χ3n) is 2.58. The zero-order valence-electron chi connectivity index (χ0n) is 10.8. The molecule has 1 aromatic heterocycles. The van der Waals surface area contributed by atoms with Crippen LogP contribution in [0, 0.1) is 0 Å². The molecule has 0 unspecified atom stereocenters. The number of anilines is 1. The molecule has 0 aliphatic rings. The number of rotatable bonds is 4. The number of nitrogens with zero attached hydrogens (tertiary/aromatic N) is 2. The summed E-state index contributed by atoms with van der Waals surface area (Å²) in [6.45, 7) is 4.05. The maximum Gasteiger partial charge on any atom is 0.303 e. The summed E-state index contributed by atoms with van der Waals surface area (Å²) in [6.07, 6.45) is 1.60. The molecule has 0 spiro atoms. The fourth-order valence-corrected chi connectivity index (χ4v) is 1.70. The van der Waals surface area contributed by atoms with Crippen molar-refractivity contribution in [2.75, 3.05) is 12.8 Å². The average molecular weight is 247 g/mol. The Morgan fingerprint density at radius 1 is 1.17 bits per heavy atom. The van der Waals surface area contributed by atoms with E-state index in [0.717, 1.165) is 5.75 Å². The summed E-state index contributed by atoms with van der Waals surface area (Å²) in [6, 6.07) is 8.01. The highest BCUT2D eigenvalue weighted by atomic mass is 16.5. The molecule has 2 N–H and O–H groups in total. The summed E-state index contributed by atoms with van der Waals surface area (Å²) in [5, 5.41) is 0. The molecule has 0 radical (unpaired) electrons. The van der Waals surface area contributed by atoms with E-state index in [1.807, 2.05) is 42.7 Å². The predicted molar refractivity (Wildman–Crippen MR) is 70.1 cm³/mol. The molecular weight excluding hydrogens is 230 g/mol. The van der Waals surface area contributed by atoms with Gasteiger partial charge in [0.15, 0.2) is 0 Å². The van der Waals surface area contributed by atoms with Gasteiger partial charge in [-0.2, -0.15) is 0 Å². The van der Waals surface area contributed by atoms with Gasteiger partial charge in [-0.3, -0.25) is 4.57 Å². The quantitative estimate of drug-likeness (QED) is 0.902. The topological polar surface area (TPSA) is 62.3 Å². The zero-order chi connectivity index (χ0) is 13.1. The molecule has 0 amide bonds. The summed E-state index contributed by atoms with van der Waals surface area (Å²) < 4.78 is 12.6. The van der Waals surface area contributed by atoms with Gasteiger partial charge in [0, 0.05) is 6.04 Å². The van der Waals surface area contributed by atoms with Crippen LogP contribution in [0.5, 0.6) is 17.5 Å². The van der Waals surface area contributed by atoms with Crippen molar-refractivity contribution >= 4 is 5.82 Å². The Balaban J connectivity index is 2.23. The Morgan fingerprint density at radius 3 is 2.33 bits per heavy atom. The second-order valence-electron chi connectivity index (χ2n) is 4.21. The maximum atomic E-state index is 5.84. The fraction of sp³-hybridized carbons (Fsp3) is 0.308. The van der Waals surface area contributed by atoms with Crippen molar-refractivity contribution in [1.29, 1.82) is 0 Å². The van der Waals surface area contributed by atoms with Crippen molar-refractivity contribution in [3.63, 3.8) is 0 Å². The Kier molecular flexibility index (Phi) is 3.41. The lowest BCUT2D eigenvalue weighted by molar-refractivity contribution is 0.393. The van der Waals surface area contributed by atoms with E-state index in [1.54, 1.807) is 13.3 Å². The highest BCUT2D eigenvalue weighted by molar-refractivity contribution is 5.36. The number of nitrogen functional groups attached to an aromatic ring is 1. The van der Waals surface area contributed by atoms with Crippen LogP contribution in [-0.2, 0) is 0 Å². The van der Waals surface area contributed by atoms with Crippen LogP contribution in [-0.4, -0.2) is 16.7 Å². The van der Waals surface area contributed by atoms with E-state index in [9.17, 15) is 0 Å². The summed E-state index contributed by atoms with van der Waals surface area (Å²) >= 11 is 0. The van der Waals surface area contributed by atoms with E-state index < -0.39 is 0 Å². The first-order valence-electron chi connectivity index (χ1n) is 5.76. The van der Waals surface area contributed by atoms with Crippen LogP contribution in [0.4, 0.5) is 5.82 Å². The van der Waals surface area contributed by atoms with E-state index in [1.165, 1.54) is 0 Å². The van der Waals surface area contributed by atoms with E-state index >= 15 is 0 Å². The van der Waals surface area contributed by atoms with Gasteiger partial charge < -0.3 is 15.2 Å². The third-order valence-corrected chi connectivity index (χ3v) is 2.58. The van der Waals surface area contributed by atoms with Gasteiger partial charge in [0.1, 0.15) is 17.3 Å². The molecule has 1 heterocycles. The normalized spacial score (nSPS) is 10.7. The van der Waals surface area contributed by atoms with Crippen molar-refractivity contribution in [1.82, 2.24) is 9.55 Å². The fourth-order valence-electron chi connectivity index (χ4n) is 1.70. The first-order valence-corrected chi connectivity index (χ1v) is 5.76. The summed E-state index contributed by atoms with van der Waals surface area (Å²) in [5.41, 5.74) is 5.84. The van der Waals surface area contributed by atoms with E-state index in [2.05, 4.69) is 4.98 Å². The molecule has 0 fully saturated rings. The van der Waals surface area contributed by atoms with Crippen LogP contribution in [0.3, 0.4) is 0 Å². The van der Waals surface area contributed by atoms with Crippen LogP contribution in [0.2, 0.25) is 0 Å². The molecule has 0 aliphatic heterocycles. The summed E-state index contributed by atoms with van der Waals surface area (Å²) in [7, 11) is 1.63. The Hall–Kier alpha value is -2.17. The maximum absolute atomic E-state index is 5.84. The molecular formula is C13H17N3O2. The van der Waals surface area contributed by atoms with Crippen LogP contribution in [0.15, 0.2) is 30.5 Å². The number of ether oxygens (including phenoxy) is 2. The van der Waals surface area contributed by atoms with Gasteiger partial charge in [-0.1, -0.05) is 0 Å². The third kappa shape index (κ3) is 2.40. The number of aromatic nitrogens is 2. The van der Waals surface area contributed by atoms with Gasteiger partial charge in [-0.15, -0.1) is 0 Å². The molecule has 18 heavy (non-hydrogen) atoms. The summed E-state index contributed by atoms with van der Waals surface area (Å²) in [5.74, 6) is 2.07. The Bertz CT molecular complexity index is 518. The molecule has 0 saturated carbocycles. The standard InChI is InChI=1S/C13H17N3O2/c1-9(2)16-12(14)8-15-13(16)18-11-6-4-10(17-3)5-7-11/h4-9H,14H2,1-3H3. The minimum atomic E-state index is 0.195. The van der Waals surface area contributed by atoms with Crippen LogP contribution < -0.4 is 15.2 Å². The molecule has 0 saturated heterocycles. The molecule has 0 aliphatic carbocycles. The molecule has 96 valence electrons. The number of imidazole rings is 1. The molecule has 5 nitrogen and oxygen atoms in total. The highest BCUT2D eigenvalue weighted by Gasteiger charge is 2.12. The minimum absolute atomic E-state index is 0.195. The number of hydrogen-bond donors (Lipinski definition) is 1. The first-order chi connectivity index (χ1) is 8.61. The van der Waals surface area contributed by atoms with E-state index in [0.29, 0.717) is 17.6 Å². The molecule has 5 heteroatoms. The van der Waals surface area contributed by atoms with Crippen molar-refractivity contribution in [2.45, 2.75) is 19.9 Å².